The fourth-order valence-electron chi connectivity index (χ4n) is 3.11. The van der Waals surface area contributed by atoms with Crippen molar-refractivity contribution in [2.45, 2.75) is 32.8 Å². The van der Waals surface area contributed by atoms with Gasteiger partial charge in [-0.3, -0.25) is 14.4 Å². The number of rotatable bonds is 5. The van der Waals surface area contributed by atoms with Crippen LogP contribution in [0.4, 0.5) is 10.2 Å². The molecule has 2 unspecified atom stereocenters. The highest BCUT2D eigenvalue weighted by Crippen LogP contribution is 2.21. The van der Waals surface area contributed by atoms with Crippen molar-refractivity contribution < 1.29 is 28.0 Å². The van der Waals surface area contributed by atoms with Crippen LogP contribution in [0.5, 0.6) is 0 Å². The molecule has 1 aromatic heterocycles. The van der Waals surface area contributed by atoms with E-state index in [0.29, 0.717) is 30.7 Å². The van der Waals surface area contributed by atoms with E-state index in [4.69, 9.17) is 9.26 Å². The first-order valence-electron chi connectivity index (χ1n) is 9.33. The van der Waals surface area contributed by atoms with Gasteiger partial charge in [-0.2, -0.15) is 0 Å². The van der Waals surface area contributed by atoms with Gasteiger partial charge in [0.25, 0.3) is 11.8 Å². The van der Waals surface area contributed by atoms with Crippen LogP contribution in [0.15, 0.2) is 34.9 Å². The fourth-order valence-corrected chi connectivity index (χ4v) is 3.11. The van der Waals surface area contributed by atoms with Crippen molar-refractivity contribution in [2.24, 2.45) is 5.92 Å². The van der Waals surface area contributed by atoms with Crippen LogP contribution in [0.25, 0.3) is 0 Å². The lowest BCUT2D eigenvalue weighted by molar-refractivity contribution is -0.158. The number of aryl methyl sites for hydroxylation is 1. The van der Waals surface area contributed by atoms with Crippen LogP contribution < -0.4 is 5.32 Å². The van der Waals surface area contributed by atoms with Gasteiger partial charge in [-0.25, -0.2) is 4.39 Å². The van der Waals surface area contributed by atoms with E-state index in [2.05, 4.69) is 10.5 Å². The Morgan fingerprint density at radius 3 is 2.69 bits per heavy atom. The SMILES string of the molecule is Cc1cc(NC(=O)C(C)OC(=O)C2CCCN(C(=O)c3ccc(F)cc3)C2)no1. The van der Waals surface area contributed by atoms with Crippen molar-refractivity contribution in [1.29, 1.82) is 0 Å². The topological polar surface area (TPSA) is 102 Å². The summed E-state index contributed by atoms with van der Waals surface area (Å²) >= 11 is 0. The first-order valence-corrected chi connectivity index (χ1v) is 9.33. The number of nitrogens with one attached hydrogen (secondary N) is 1. The summed E-state index contributed by atoms with van der Waals surface area (Å²) in [6, 6.07) is 6.82. The number of piperidine rings is 1. The van der Waals surface area contributed by atoms with Crippen LogP contribution in [-0.4, -0.2) is 47.0 Å². The zero-order valence-electron chi connectivity index (χ0n) is 16.2. The lowest BCUT2D eigenvalue weighted by Crippen LogP contribution is -2.44. The number of aromatic nitrogens is 1. The highest BCUT2D eigenvalue weighted by molar-refractivity contribution is 5.95. The molecule has 29 heavy (non-hydrogen) atoms. The number of carbonyl (C=O) groups is 3. The number of hydrogen-bond donors (Lipinski definition) is 1. The van der Waals surface area contributed by atoms with Gasteiger partial charge in [-0.1, -0.05) is 5.16 Å². The molecule has 0 saturated carbocycles. The molecule has 0 bridgehead atoms. The minimum atomic E-state index is -1.03. The summed E-state index contributed by atoms with van der Waals surface area (Å²) in [5, 5.41) is 6.16. The molecule has 1 N–H and O–H groups in total. The van der Waals surface area contributed by atoms with E-state index in [1.54, 1.807) is 17.9 Å². The second kappa shape index (κ2) is 8.85. The quantitative estimate of drug-likeness (QED) is 0.770. The van der Waals surface area contributed by atoms with Crippen LogP contribution >= 0.6 is 0 Å². The Balaban J connectivity index is 1.55. The molecule has 1 aliphatic heterocycles. The van der Waals surface area contributed by atoms with Crippen molar-refractivity contribution in [2.75, 3.05) is 18.4 Å². The molecule has 2 aromatic rings. The second-order valence-corrected chi connectivity index (χ2v) is 6.99. The molecule has 0 spiro atoms. The van der Waals surface area contributed by atoms with Gasteiger partial charge in [-0.05, 0) is 51.0 Å². The number of carbonyl (C=O) groups excluding carboxylic acids is 3. The largest absolute Gasteiger partial charge is 0.452 e. The normalized spacial score (nSPS) is 17.5. The molecule has 0 radical (unpaired) electrons. The van der Waals surface area contributed by atoms with Crippen molar-refractivity contribution in [1.82, 2.24) is 10.1 Å². The summed E-state index contributed by atoms with van der Waals surface area (Å²) in [6.07, 6.45) is 0.164. The predicted octanol–water partition coefficient (Wildman–Crippen LogP) is 2.54. The molecule has 1 aliphatic rings. The number of halogens is 1. The third kappa shape index (κ3) is 5.18. The zero-order chi connectivity index (χ0) is 21.0. The Labute approximate surface area is 167 Å². The monoisotopic (exact) mass is 403 g/mol. The maximum atomic E-state index is 13.1. The average Bonchev–Trinajstić information content (AvgIpc) is 3.12. The molecule has 154 valence electrons. The molecular formula is C20H22FN3O5. The Kier molecular flexibility index (Phi) is 6.26. The average molecular weight is 403 g/mol. The van der Waals surface area contributed by atoms with Gasteiger partial charge >= 0.3 is 5.97 Å². The molecule has 2 heterocycles. The number of esters is 1. The molecule has 1 saturated heterocycles. The third-order valence-electron chi connectivity index (χ3n) is 4.67. The van der Waals surface area contributed by atoms with Crippen LogP contribution in [0, 0.1) is 18.7 Å². The van der Waals surface area contributed by atoms with Crippen molar-refractivity contribution in [3.8, 4) is 0 Å². The summed E-state index contributed by atoms with van der Waals surface area (Å²) < 4.78 is 23.2. The lowest BCUT2D eigenvalue weighted by atomic mass is 9.97. The minimum absolute atomic E-state index is 0.186. The summed E-state index contributed by atoms with van der Waals surface area (Å²) in [6.45, 7) is 3.84. The van der Waals surface area contributed by atoms with E-state index < -0.39 is 29.7 Å². The van der Waals surface area contributed by atoms with Gasteiger partial charge in [0.15, 0.2) is 11.9 Å². The lowest BCUT2D eigenvalue weighted by Gasteiger charge is -2.32. The number of anilines is 1. The van der Waals surface area contributed by atoms with Gasteiger partial charge in [0.1, 0.15) is 11.6 Å². The molecule has 2 amide bonds. The summed E-state index contributed by atoms with van der Waals surface area (Å²) in [7, 11) is 0. The number of nitrogens with zero attached hydrogens (tertiary/aromatic N) is 2. The predicted molar refractivity (Wildman–Crippen MR) is 100 cm³/mol. The second-order valence-electron chi connectivity index (χ2n) is 6.99. The van der Waals surface area contributed by atoms with E-state index in [1.165, 1.54) is 31.2 Å². The highest BCUT2D eigenvalue weighted by atomic mass is 19.1. The van der Waals surface area contributed by atoms with Gasteiger partial charge in [0, 0.05) is 24.7 Å². The Bertz CT molecular complexity index is 896. The fraction of sp³-hybridized carbons (Fsp3) is 0.400. The zero-order valence-corrected chi connectivity index (χ0v) is 16.2. The maximum absolute atomic E-state index is 13.1. The molecular weight excluding hydrogens is 381 g/mol. The van der Waals surface area contributed by atoms with Gasteiger partial charge in [0.2, 0.25) is 0 Å². The highest BCUT2D eigenvalue weighted by Gasteiger charge is 2.32. The smallest absolute Gasteiger partial charge is 0.311 e. The van der Waals surface area contributed by atoms with Gasteiger partial charge < -0.3 is 19.5 Å². The van der Waals surface area contributed by atoms with E-state index in [-0.39, 0.29) is 18.3 Å². The molecule has 2 atom stereocenters. The Morgan fingerprint density at radius 2 is 2.03 bits per heavy atom. The number of ether oxygens (including phenoxy) is 1. The standard InChI is InChI=1S/C20H22FN3O5/c1-12-10-17(23-29-12)22-18(25)13(2)28-20(27)15-4-3-9-24(11-15)19(26)14-5-7-16(21)8-6-14/h5-8,10,13,15H,3-4,9,11H2,1-2H3,(H,22,23,25). The van der Waals surface area contributed by atoms with Crippen LogP contribution in [0.3, 0.4) is 0 Å². The van der Waals surface area contributed by atoms with E-state index in [0.717, 1.165) is 0 Å². The van der Waals surface area contributed by atoms with Gasteiger partial charge in [0.05, 0.1) is 5.92 Å². The van der Waals surface area contributed by atoms with Crippen molar-refractivity contribution >= 4 is 23.6 Å². The Hall–Kier alpha value is -3.23. The molecule has 9 heteroatoms. The van der Waals surface area contributed by atoms with Crippen LogP contribution in [-0.2, 0) is 14.3 Å². The molecule has 1 aromatic carbocycles. The number of likely N-dealkylation sites (tertiary alicyclic amines) is 1. The van der Waals surface area contributed by atoms with Crippen LogP contribution in [0.2, 0.25) is 0 Å². The number of benzene rings is 1. The summed E-state index contributed by atoms with van der Waals surface area (Å²) in [5.74, 6) is -1.51. The molecule has 0 aliphatic carbocycles. The summed E-state index contributed by atoms with van der Waals surface area (Å²) in [4.78, 5) is 38.8. The maximum Gasteiger partial charge on any atom is 0.311 e. The first-order chi connectivity index (χ1) is 13.8. The molecule has 3 rings (SSSR count). The van der Waals surface area contributed by atoms with Gasteiger partial charge in [-0.15, -0.1) is 0 Å². The first kappa shape index (κ1) is 20.5. The van der Waals surface area contributed by atoms with Crippen molar-refractivity contribution in [3.63, 3.8) is 0 Å². The third-order valence-corrected chi connectivity index (χ3v) is 4.67. The van der Waals surface area contributed by atoms with E-state index in [9.17, 15) is 18.8 Å². The van der Waals surface area contributed by atoms with Crippen molar-refractivity contribution in [3.05, 3.63) is 47.5 Å². The number of amides is 2. The minimum Gasteiger partial charge on any atom is -0.452 e. The number of hydrogen-bond acceptors (Lipinski definition) is 6. The molecule has 8 nitrogen and oxygen atoms in total. The van der Waals surface area contributed by atoms with E-state index >= 15 is 0 Å². The van der Waals surface area contributed by atoms with E-state index in [1.807, 2.05) is 0 Å². The molecule has 1 fully saturated rings. The Morgan fingerprint density at radius 1 is 1.31 bits per heavy atom. The summed E-state index contributed by atoms with van der Waals surface area (Å²) in [5.41, 5.74) is 0.357. The van der Waals surface area contributed by atoms with Crippen LogP contribution in [0.1, 0.15) is 35.9 Å².